The van der Waals surface area contributed by atoms with Gasteiger partial charge in [-0.25, -0.2) is 0 Å². The minimum Gasteiger partial charge on any atom is -0.389 e. The Morgan fingerprint density at radius 2 is 2.17 bits per heavy atom. The zero-order valence-corrected chi connectivity index (χ0v) is 10.1. The maximum atomic E-state index is 9.43. The highest BCUT2D eigenvalue weighted by Crippen LogP contribution is 2.14. The van der Waals surface area contributed by atoms with Crippen LogP contribution in [0.3, 0.4) is 0 Å². The number of halogens is 1. The first kappa shape index (κ1) is 12.4. The summed E-state index contributed by atoms with van der Waals surface area (Å²) in [4.78, 5) is 0. The Kier molecular flexibility index (Phi) is 8.34. The molecule has 0 aromatic heterocycles. The van der Waals surface area contributed by atoms with Gasteiger partial charge in [-0.05, 0) is 16.4 Å². The first-order chi connectivity index (χ1) is 5.70. The third-order valence-electron chi connectivity index (χ3n) is 1.99. The highest BCUT2D eigenvalue weighted by atomic mass is 127. The SMILES string of the molecule is CCCC[C@H](C)C[C@H](O)C=CI. The average Bonchev–Trinajstić information content (AvgIpc) is 2.01. The first-order valence-corrected chi connectivity index (χ1v) is 5.90. The molecule has 0 radical (unpaired) electrons. The molecule has 0 aromatic carbocycles. The van der Waals surface area contributed by atoms with Crippen molar-refractivity contribution in [2.75, 3.05) is 0 Å². The summed E-state index contributed by atoms with van der Waals surface area (Å²) in [5.74, 6) is 0.646. The topological polar surface area (TPSA) is 20.2 Å². The fraction of sp³-hybridized carbons (Fsp3) is 0.800. The maximum absolute atomic E-state index is 9.43. The highest BCUT2D eigenvalue weighted by Gasteiger charge is 2.06. The Bertz CT molecular complexity index is 123. The van der Waals surface area contributed by atoms with E-state index in [0.29, 0.717) is 5.92 Å². The van der Waals surface area contributed by atoms with Gasteiger partial charge in [0.05, 0.1) is 6.10 Å². The molecule has 2 atom stereocenters. The lowest BCUT2D eigenvalue weighted by Gasteiger charge is -2.12. The lowest BCUT2D eigenvalue weighted by atomic mass is 9.98. The number of aliphatic hydroxyl groups is 1. The summed E-state index contributed by atoms with van der Waals surface area (Å²) >= 11 is 2.14. The lowest BCUT2D eigenvalue weighted by Crippen LogP contribution is -2.08. The summed E-state index contributed by atoms with van der Waals surface area (Å²) in [6.45, 7) is 4.41. The van der Waals surface area contributed by atoms with Crippen molar-refractivity contribution in [1.29, 1.82) is 0 Å². The number of hydrogen-bond acceptors (Lipinski definition) is 1. The molecule has 0 fully saturated rings. The van der Waals surface area contributed by atoms with Crippen LogP contribution in [0.4, 0.5) is 0 Å². The molecule has 0 saturated heterocycles. The monoisotopic (exact) mass is 282 g/mol. The van der Waals surface area contributed by atoms with Crippen LogP contribution in [-0.2, 0) is 0 Å². The number of hydrogen-bond donors (Lipinski definition) is 1. The molecule has 0 aliphatic heterocycles. The van der Waals surface area contributed by atoms with Crippen molar-refractivity contribution >= 4 is 22.6 Å². The minimum atomic E-state index is -0.242. The molecule has 0 aliphatic carbocycles. The second-order valence-electron chi connectivity index (χ2n) is 3.37. The van der Waals surface area contributed by atoms with E-state index in [2.05, 4.69) is 36.4 Å². The molecule has 1 N–H and O–H groups in total. The van der Waals surface area contributed by atoms with Crippen molar-refractivity contribution < 1.29 is 5.11 Å². The van der Waals surface area contributed by atoms with E-state index in [4.69, 9.17) is 0 Å². The van der Waals surface area contributed by atoms with Gasteiger partial charge >= 0.3 is 0 Å². The Hall–Kier alpha value is 0.430. The van der Waals surface area contributed by atoms with Crippen LogP contribution in [0.1, 0.15) is 39.5 Å². The van der Waals surface area contributed by atoms with Crippen LogP contribution in [0.15, 0.2) is 10.2 Å². The standard InChI is InChI=1S/C10H19IO/c1-3-4-5-9(2)8-10(12)6-7-11/h6-7,9-10,12H,3-5,8H2,1-2H3/t9-,10+/m0/s1. The molecule has 0 amide bonds. The van der Waals surface area contributed by atoms with Crippen LogP contribution >= 0.6 is 22.6 Å². The molecule has 0 saturated carbocycles. The van der Waals surface area contributed by atoms with Crippen molar-refractivity contribution in [3.05, 3.63) is 10.2 Å². The lowest BCUT2D eigenvalue weighted by molar-refractivity contribution is 0.187. The zero-order valence-electron chi connectivity index (χ0n) is 7.96. The molecule has 0 unspecified atom stereocenters. The van der Waals surface area contributed by atoms with E-state index in [9.17, 15) is 5.11 Å². The van der Waals surface area contributed by atoms with Crippen LogP contribution in [-0.4, -0.2) is 11.2 Å². The van der Waals surface area contributed by atoms with Crippen LogP contribution in [0.2, 0.25) is 0 Å². The second-order valence-corrected chi connectivity index (χ2v) is 4.09. The third kappa shape index (κ3) is 7.10. The van der Waals surface area contributed by atoms with Gasteiger partial charge < -0.3 is 5.11 Å². The van der Waals surface area contributed by atoms with Gasteiger partial charge in [0.1, 0.15) is 0 Å². The summed E-state index contributed by atoms with van der Waals surface area (Å²) in [5, 5.41) is 9.43. The molecule has 0 bridgehead atoms. The van der Waals surface area contributed by atoms with E-state index in [-0.39, 0.29) is 6.10 Å². The molecule has 0 aliphatic rings. The first-order valence-electron chi connectivity index (χ1n) is 4.65. The summed E-state index contributed by atoms with van der Waals surface area (Å²) in [5.41, 5.74) is 0. The maximum Gasteiger partial charge on any atom is 0.0730 e. The van der Waals surface area contributed by atoms with Crippen LogP contribution in [0, 0.1) is 5.92 Å². The molecule has 1 nitrogen and oxygen atoms in total. The number of unbranched alkanes of at least 4 members (excludes halogenated alkanes) is 1. The highest BCUT2D eigenvalue weighted by molar-refractivity contribution is 14.1. The second kappa shape index (κ2) is 8.05. The van der Waals surface area contributed by atoms with Gasteiger partial charge in [0, 0.05) is 0 Å². The van der Waals surface area contributed by atoms with E-state index in [1.165, 1.54) is 19.3 Å². The molecule has 0 spiro atoms. The van der Waals surface area contributed by atoms with Crippen LogP contribution in [0.25, 0.3) is 0 Å². The number of aliphatic hydroxyl groups excluding tert-OH is 1. The molecule has 0 rings (SSSR count). The Labute approximate surface area is 89.4 Å². The van der Waals surface area contributed by atoms with Crippen molar-refractivity contribution in [2.45, 2.75) is 45.6 Å². The molecular weight excluding hydrogens is 263 g/mol. The Balaban J connectivity index is 3.46. The van der Waals surface area contributed by atoms with E-state index >= 15 is 0 Å². The largest absolute Gasteiger partial charge is 0.389 e. The Morgan fingerprint density at radius 3 is 2.67 bits per heavy atom. The summed E-state index contributed by atoms with van der Waals surface area (Å²) < 4.78 is 1.88. The summed E-state index contributed by atoms with van der Waals surface area (Å²) in [6.07, 6.45) is 6.28. The van der Waals surface area contributed by atoms with Crippen molar-refractivity contribution in [2.24, 2.45) is 5.92 Å². The molecular formula is C10H19IO. The molecule has 0 aromatic rings. The predicted molar refractivity (Wildman–Crippen MR) is 62.5 cm³/mol. The summed E-state index contributed by atoms with van der Waals surface area (Å²) in [7, 11) is 0. The normalized spacial score (nSPS) is 16.7. The van der Waals surface area contributed by atoms with Crippen LogP contribution < -0.4 is 0 Å². The summed E-state index contributed by atoms with van der Waals surface area (Å²) in [6, 6.07) is 0. The van der Waals surface area contributed by atoms with Gasteiger partial charge in [0.25, 0.3) is 0 Å². The number of rotatable bonds is 6. The molecule has 2 heteroatoms. The van der Waals surface area contributed by atoms with Gasteiger partial charge in [-0.1, -0.05) is 61.8 Å². The van der Waals surface area contributed by atoms with Gasteiger partial charge in [0.15, 0.2) is 0 Å². The van der Waals surface area contributed by atoms with Gasteiger partial charge in [-0.15, -0.1) is 0 Å². The predicted octanol–water partition coefficient (Wildman–Crippen LogP) is 3.51. The molecule has 12 heavy (non-hydrogen) atoms. The fourth-order valence-corrected chi connectivity index (χ4v) is 1.72. The van der Waals surface area contributed by atoms with E-state index in [1.54, 1.807) is 0 Å². The van der Waals surface area contributed by atoms with Crippen molar-refractivity contribution in [3.63, 3.8) is 0 Å². The van der Waals surface area contributed by atoms with Gasteiger partial charge in [-0.3, -0.25) is 0 Å². The molecule has 72 valence electrons. The minimum absolute atomic E-state index is 0.242. The van der Waals surface area contributed by atoms with Gasteiger partial charge in [-0.2, -0.15) is 0 Å². The third-order valence-corrected chi connectivity index (χ3v) is 2.40. The van der Waals surface area contributed by atoms with Crippen molar-refractivity contribution in [1.82, 2.24) is 0 Å². The fourth-order valence-electron chi connectivity index (χ4n) is 1.25. The Morgan fingerprint density at radius 1 is 1.50 bits per heavy atom. The molecule has 0 heterocycles. The quantitative estimate of drug-likeness (QED) is 0.739. The smallest absolute Gasteiger partial charge is 0.0730 e. The van der Waals surface area contributed by atoms with Crippen molar-refractivity contribution in [3.8, 4) is 0 Å². The van der Waals surface area contributed by atoms with Gasteiger partial charge in [0.2, 0.25) is 0 Å². The average molecular weight is 282 g/mol. The van der Waals surface area contributed by atoms with E-state index in [0.717, 1.165) is 6.42 Å². The zero-order chi connectivity index (χ0) is 9.40. The van der Waals surface area contributed by atoms with E-state index < -0.39 is 0 Å². The van der Waals surface area contributed by atoms with E-state index in [1.807, 2.05) is 10.2 Å². The van der Waals surface area contributed by atoms with Crippen LogP contribution in [0.5, 0.6) is 0 Å².